The fourth-order valence-electron chi connectivity index (χ4n) is 2.71. The Balaban J connectivity index is 1.72. The van der Waals surface area contributed by atoms with E-state index < -0.39 is 10.8 Å². The van der Waals surface area contributed by atoms with Gasteiger partial charge >= 0.3 is 0 Å². The Morgan fingerprint density at radius 3 is 2.81 bits per heavy atom. The second kappa shape index (κ2) is 5.85. The number of nitrogens with zero attached hydrogens (tertiary/aromatic N) is 1. The lowest BCUT2D eigenvalue weighted by Gasteiger charge is -2.08. The van der Waals surface area contributed by atoms with E-state index in [1.807, 2.05) is 6.07 Å². The van der Waals surface area contributed by atoms with Gasteiger partial charge in [0.15, 0.2) is 0 Å². The lowest BCUT2D eigenvalue weighted by Crippen LogP contribution is -2.21. The summed E-state index contributed by atoms with van der Waals surface area (Å²) in [7, 11) is -1.09. The minimum Gasteiger partial charge on any atom is -0.398 e. The van der Waals surface area contributed by atoms with Crippen LogP contribution in [0.25, 0.3) is 0 Å². The number of anilines is 1. The number of aryl methyl sites for hydroxylation is 3. The molecule has 0 aliphatic heterocycles. The molecule has 4 nitrogen and oxygen atoms in total. The Hall–Kier alpha value is -1.88. The van der Waals surface area contributed by atoms with Crippen LogP contribution in [0.1, 0.15) is 17.5 Å². The molecule has 0 saturated carbocycles. The zero-order chi connectivity index (χ0) is 14.8. The molecule has 0 bridgehead atoms. The van der Waals surface area contributed by atoms with Crippen molar-refractivity contribution in [3.05, 3.63) is 58.0 Å². The van der Waals surface area contributed by atoms with Crippen LogP contribution < -0.4 is 11.3 Å². The second-order valence-corrected chi connectivity index (χ2v) is 6.90. The molecule has 1 aromatic heterocycles. The molecule has 2 N–H and O–H groups in total. The summed E-state index contributed by atoms with van der Waals surface area (Å²) in [5.41, 5.74) is 8.79. The fourth-order valence-corrected chi connectivity index (χ4v) is 3.81. The molecule has 3 rings (SSSR count). The lowest BCUT2D eigenvalue weighted by atomic mass is 10.1. The fraction of sp³-hybridized carbons (Fsp3) is 0.312. The van der Waals surface area contributed by atoms with Crippen molar-refractivity contribution in [1.29, 1.82) is 0 Å². The summed E-state index contributed by atoms with van der Waals surface area (Å²) in [5.74, 6) is 0.419. The molecular formula is C16H18N2O2S. The highest BCUT2D eigenvalue weighted by Crippen LogP contribution is 2.24. The van der Waals surface area contributed by atoms with E-state index in [2.05, 4.69) is 12.1 Å². The van der Waals surface area contributed by atoms with Crippen LogP contribution in [0.4, 0.5) is 5.69 Å². The van der Waals surface area contributed by atoms with Gasteiger partial charge in [0.05, 0.1) is 10.8 Å². The highest BCUT2D eigenvalue weighted by Gasteiger charge is 2.13. The minimum atomic E-state index is -1.09. The number of rotatable bonds is 4. The molecule has 21 heavy (non-hydrogen) atoms. The highest BCUT2D eigenvalue weighted by molar-refractivity contribution is 7.85. The maximum Gasteiger partial charge on any atom is 0.250 e. The average molecular weight is 302 g/mol. The SMILES string of the molecule is Nc1ccc(=O)n(CCS(=O)c2ccc3c(c2)CCC3)c1. The molecule has 110 valence electrons. The Morgan fingerprint density at radius 1 is 1.14 bits per heavy atom. The van der Waals surface area contributed by atoms with Crippen LogP contribution in [0.2, 0.25) is 0 Å². The minimum absolute atomic E-state index is 0.116. The zero-order valence-corrected chi connectivity index (χ0v) is 12.6. The first kappa shape index (κ1) is 14.1. The van der Waals surface area contributed by atoms with Crippen molar-refractivity contribution in [2.24, 2.45) is 0 Å². The summed E-state index contributed by atoms with van der Waals surface area (Å²) >= 11 is 0. The topological polar surface area (TPSA) is 65.1 Å². The smallest absolute Gasteiger partial charge is 0.250 e. The van der Waals surface area contributed by atoms with Crippen LogP contribution in [0.3, 0.4) is 0 Å². The Kier molecular flexibility index (Phi) is 3.92. The summed E-state index contributed by atoms with van der Waals surface area (Å²) in [5, 5.41) is 0. The molecule has 2 aromatic rings. The molecule has 1 aromatic carbocycles. The number of fused-ring (bicyclic) bond motifs is 1. The van der Waals surface area contributed by atoms with Gasteiger partial charge in [0.2, 0.25) is 0 Å². The summed E-state index contributed by atoms with van der Waals surface area (Å²) < 4.78 is 13.9. The van der Waals surface area contributed by atoms with E-state index in [4.69, 9.17) is 5.73 Å². The third-order valence-corrected chi connectivity index (χ3v) is 5.19. The highest BCUT2D eigenvalue weighted by atomic mass is 32.2. The average Bonchev–Trinajstić information content (AvgIpc) is 2.95. The molecule has 0 amide bonds. The van der Waals surface area contributed by atoms with Gasteiger partial charge in [-0.2, -0.15) is 0 Å². The summed E-state index contributed by atoms with van der Waals surface area (Å²) in [6.07, 6.45) is 4.99. The van der Waals surface area contributed by atoms with Crippen molar-refractivity contribution in [3.63, 3.8) is 0 Å². The Morgan fingerprint density at radius 2 is 1.95 bits per heavy atom. The molecule has 0 fully saturated rings. The first-order valence-electron chi connectivity index (χ1n) is 7.09. The van der Waals surface area contributed by atoms with E-state index in [1.165, 1.54) is 28.2 Å². The van der Waals surface area contributed by atoms with Gasteiger partial charge in [-0.05, 0) is 48.6 Å². The van der Waals surface area contributed by atoms with Gasteiger partial charge in [0, 0.05) is 35.1 Å². The molecule has 1 atom stereocenters. The Bertz CT molecular complexity index is 752. The van der Waals surface area contributed by atoms with Crippen molar-refractivity contribution in [3.8, 4) is 0 Å². The molecule has 1 unspecified atom stereocenters. The van der Waals surface area contributed by atoms with Crippen LogP contribution in [-0.4, -0.2) is 14.5 Å². The van der Waals surface area contributed by atoms with Gasteiger partial charge in [0.1, 0.15) is 0 Å². The summed E-state index contributed by atoms with van der Waals surface area (Å²) in [6, 6.07) is 9.11. The molecular weight excluding hydrogens is 284 g/mol. The van der Waals surface area contributed by atoms with Crippen molar-refractivity contribution >= 4 is 16.5 Å². The molecule has 5 heteroatoms. The van der Waals surface area contributed by atoms with Crippen LogP contribution in [0.15, 0.2) is 46.2 Å². The third kappa shape index (κ3) is 3.08. The Labute approximate surface area is 126 Å². The second-order valence-electron chi connectivity index (χ2n) is 5.33. The normalized spacial score (nSPS) is 14.9. The van der Waals surface area contributed by atoms with Crippen molar-refractivity contribution in [2.45, 2.75) is 30.7 Å². The molecule has 0 saturated heterocycles. The van der Waals surface area contributed by atoms with Crippen molar-refractivity contribution < 1.29 is 4.21 Å². The van der Waals surface area contributed by atoms with E-state index in [0.717, 1.165) is 17.7 Å². The molecule has 1 heterocycles. The van der Waals surface area contributed by atoms with E-state index in [-0.39, 0.29) is 5.56 Å². The zero-order valence-electron chi connectivity index (χ0n) is 11.7. The van der Waals surface area contributed by atoms with Gasteiger partial charge < -0.3 is 10.3 Å². The van der Waals surface area contributed by atoms with E-state index >= 15 is 0 Å². The van der Waals surface area contributed by atoms with Gasteiger partial charge in [-0.25, -0.2) is 0 Å². The number of nitrogen functional groups attached to an aromatic ring is 1. The lowest BCUT2D eigenvalue weighted by molar-refractivity contribution is 0.669. The predicted octanol–water partition coefficient (Wildman–Crippen LogP) is 1.73. The first-order valence-corrected chi connectivity index (χ1v) is 8.41. The van der Waals surface area contributed by atoms with Crippen LogP contribution in [0, 0.1) is 0 Å². The van der Waals surface area contributed by atoms with Crippen LogP contribution in [0.5, 0.6) is 0 Å². The van der Waals surface area contributed by atoms with Crippen molar-refractivity contribution in [2.75, 3.05) is 11.5 Å². The maximum absolute atomic E-state index is 12.4. The van der Waals surface area contributed by atoms with E-state index in [0.29, 0.717) is 18.0 Å². The third-order valence-electron chi connectivity index (χ3n) is 3.86. The monoisotopic (exact) mass is 302 g/mol. The molecule has 0 radical (unpaired) electrons. The number of hydrogen-bond donors (Lipinski definition) is 1. The van der Waals surface area contributed by atoms with E-state index in [1.54, 1.807) is 12.3 Å². The molecule has 1 aliphatic carbocycles. The van der Waals surface area contributed by atoms with Crippen molar-refractivity contribution in [1.82, 2.24) is 4.57 Å². The molecule has 1 aliphatic rings. The van der Waals surface area contributed by atoms with Gasteiger partial charge in [-0.3, -0.25) is 9.00 Å². The number of nitrogens with two attached hydrogens (primary N) is 1. The largest absolute Gasteiger partial charge is 0.398 e. The van der Waals surface area contributed by atoms with Gasteiger partial charge in [-0.1, -0.05) is 6.07 Å². The van der Waals surface area contributed by atoms with Crippen LogP contribution in [-0.2, 0) is 30.2 Å². The standard InChI is InChI=1S/C16H18N2O2S/c17-14-5-7-16(19)18(11-14)8-9-21(20)15-6-4-12-2-1-3-13(12)10-15/h4-7,10-11H,1-3,8-9,17H2. The number of benzene rings is 1. The summed E-state index contributed by atoms with van der Waals surface area (Å²) in [4.78, 5) is 12.5. The van der Waals surface area contributed by atoms with Crippen LogP contribution >= 0.6 is 0 Å². The van der Waals surface area contributed by atoms with E-state index in [9.17, 15) is 9.00 Å². The summed E-state index contributed by atoms with van der Waals surface area (Å²) in [6.45, 7) is 0.410. The number of hydrogen-bond acceptors (Lipinski definition) is 3. The maximum atomic E-state index is 12.4. The predicted molar refractivity (Wildman–Crippen MR) is 84.9 cm³/mol. The molecule has 0 spiro atoms. The number of pyridine rings is 1. The van der Waals surface area contributed by atoms with Gasteiger partial charge in [-0.15, -0.1) is 0 Å². The van der Waals surface area contributed by atoms with Gasteiger partial charge in [0.25, 0.3) is 5.56 Å². The quantitative estimate of drug-likeness (QED) is 0.935. The number of aromatic nitrogens is 1. The first-order chi connectivity index (χ1) is 10.1.